The molecule has 0 amide bonds. The first-order valence-electron chi connectivity index (χ1n) is 18.3. The second-order valence-corrected chi connectivity index (χ2v) is 17.0. The van der Waals surface area contributed by atoms with E-state index in [1.54, 1.807) is 30.5 Å². The Balaban J connectivity index is 0.000000147. The lowest BCUT2D eigenvalue weighted by atomic mass is 9.72. The summed E-state index contributed by atoms with van der Waals surface area (Å²) in [7, 11) is -1.05. The van der Waals surface area contributed by atoms with Crippen molar-refractivity contribution in [3.8, 4) is 0 Å². The number of carbonyl (C=O) groups excluding carboxylic acids is 2. The topological polar surface area (TPSA) is 116 Å². The number of piperidine rings is 4. The third-order valence-corrected chi connectivity index (χ3v) is 13.5. The maximum absolute atomic E-state index is 12.6. The predicted octanol–water partition coefficient (Wildman–Crippen LogP) is 6.34. The zero-order chi connectivity index (χ0) is 35.1. The average molecular weight is 707 g/mol. The third-order valence-electron chi connectivity index (χ3n) is 11.7. The van der Waals surface area contributed by atoms with Crippen LogP contribution in [0.5, 0.6) is 0 Å². The minimum atomic E-state index is -3.25. The number of aryl methyl sites for hydroxylation is 1. The van der Waals surface area contributed by atoms with E-state index in [4.69, 9.17) is 4.74 Å². The van der Waals surface area contributed by atoms with Crippen LogP contribution in [0.15, 0.2) is 90.1 Å². The highest BCUT2D eigenvalue weighted by Gasteiger charge is 2.49. The van der Waals surface area contributed by atoms with Crippen LogP contribution in [0.3, 0.4) is 0 Å². The van der Waals surface area contributed by atoms with Gasteiger partial charge in [0.25, 0.3) is 0 Å². The summed E-state index contributed by atoms with van der Waals surface area (Å²) >= 11 is 0. The fraction of sp³-hybridized carbons (Fsp3) is 0.415. The SMILES string of the molecule is CN1CCC[C@@H]1Cc1c[nH]c2ccc(CCS(=O)(=O)c3ccccc3)cc12.O=C(O[C@@H]1C[C@@H]2C[C@@H]3C[C@H](C1)N2CC3=O)c1c[nH]c2ccccc12. The molecule has 3 aromatic carbocycles. The fourth-order valence-electron chi connectivity index (χ4n) is 8.91. The molecule has 5 aromatic rings. The van der Waals surface area contributed by atoms with Crippen LogP contribution in [0, 0.1) is 5.92 Å². The van der Waals surface area contributed by atoms with Gasteiger partial charge >= 0.3 is 5.97 Å². The highest BCUT2D eigenvalue weighted by atomic mass is 32.2. The fourth-order valence-corrected chi connectivity index (χ4v) is 10.2. The number of aromatic amines is 2. The quantitative estimate of drug-likeness (QED) is 0.181. The van der Waals surface area contributed by atoms with E-state index in [-0.39, 0.29) is 23.7 Å². The predicted molar refractivity (Wildman–Crippen MR) is 199 cm³/mol. The van der Waals surface area contributed by atoms with E-state index < -0.39 is 9.84 Å². The molecule has 7 heterocycles. The van der Waals surface area contributed by atoms with Crippen molar-refractivity contribution in [1.82, 2.24) is 19.8 Å². The maximum atomic E-state index is 12.6. The van der Waals surface area contributed by atoms with Crippen molar-refractivity contribution in [2.24, 2.45) is 5.92 Å². The average Bonchev–Trinajstić information content (AvgIpc) is 3.87. The highest BCUT2D eigenvalue weighted by Crippen LogP contribution is 2.42. The first-order valence-corrected chi connectivity index (χ1v) is 20.0. The van der Waals surface area contributed by atoms with Gasteiger partial charge in [-0.2, -0.15) is 0 Å². The number of likely N-dealkylation sites (N-methyl/N-ethyl adjacent to an activating group) is 1. The normalized spacial score (nSPS) is 25.9. The van der Waals surface area contributed by atoms with E-state index in [1.807, 2.05) is 36.4 Å². The number of H-pyrrole nitrogens is 2. The molecule has 51 heavy (non-hydrogen) atoms. The van der Waals surface area contributed by atoms with Gasteiger partial charge in [0, 0.05) is 71.1 Å². The van der Waals surface area contributed by atoms with Crippen LogP contribution in [0.4, 0.5) is 0 Å². The van der Waals surface area contributed by atoms with Crippen molar-refractivity contribution >= 4 is 43.4 Å². The molecule has 0 aliphatic carbocycles. The number of nitrogens with zero attached hydrogens (tertiary/aromatic N) is 2. The second kappa shape index (κ2) is 14.1. The molecule has 6 atom stereocenters. The minimum absolute atomic E-state index is 0.0356. The number of sulfone groups is 1. The van der Waals surface area contributed by atoms with Crippen LogP contribution in [0.1, 0.15) is 60.0 Å². The summed E-state index contributed by atoms with van der Waals surface area (Å²) in [4.78, 5) is 36.2. The number of likely N-dealkylation sites (tertiary alicyclic amines) is 1. The number of aromatic nitrogens is 2. The number of hydrogen-bond donors (Lipinski definition) is 2. The number of ketones is 1. The van der Waals surface area contributed by atoms with Crippen LogP contribution in [0.2, 0.25) is 0 Å². The van der Waals surface area contributed by atoms with Crippen LogP contribution in [-0.4, -0.2) is 90.1 Å². The minimum Gasteiger partial charge on any atom is -0.459 e. The number of esters is 1. The Kier molecular flexibility index (Phi) is 9.33. The van der Waals surface area contributed by atoms with Gasteiger partial charge in [-0.3, -0.25) is 9.69 Å². The Hall–Kier alpha value is -4.25. The molecular weight excluding hydrogens is 661 g/mol. The van der Waals surface area contributed by atoms with Gasteiger partial charge in [0.05, 0.1) is 22.8 Å². The Morgan fingerprint density at radius 1 is 0.882 bits per heavy atom. The third kappa shape index (κ3) is 7.01. The zero-order valence-corrected chi connectivity index (χ0v) is 29.9. The molecule has 266 valence electrons. The molecule has 5 saturated heterocycles. The van der Waals surface area contributed by atoms with E-state index in [0.29, 0.717) is 47.3 Å². The van der Waals surface area contributed by atoms with Crippen molar-refractivity contribution in [2.75, 3.05) is 25.9 Å². The summed E-state index contributed by atoms with van der Waals surface area (Å²) in [6.07, 6.45) is 11.5. The van der Waals surface area contributed by atoms with Crippen LogP contribution >= 0.6 is 0 Å². The molecule has 10 rings (SSSR count). The molecular formula is C41H46N4O5S. The van der Waals surface area contributed by atoms with E-state index >= 15 is 0 Å². The Bertz CT molecular complexity index is 2140. The summed E-state index contributed by atoms with van der Waals surface area (Å²) in [5.74, 6) is 0.536. The number of nitrogens with one attached hydrogen (secondary N) is 2. The lowest BCUT2D eigenvalue weighted by molar-refractivity contribution is -0.145. The first kappa shape index (κ1) is 33.9. The maximum Gasteiger partial charge on any atom is 0.340 e. The van der Waals surface area contributed by atoms with Gasteiger partial charge in [0.2, 0.25) is 0 Å². The first-order chi connectivity index (χ1) is 24.7. The summed E-state index contributed by atoms with van der Waals surface area (Å²) in [6, 6.07) is 24.2. The van der Waals surface area contributed by atoms with Crippen LogP contribution in [0.25, 0.3) is 21.8 Å². The van der Waals surface area contributed by atoms with E-state index in [1.165, 1.54) is 30.3 Å². The number of Topliss-reactive ketones (excluding diaryl/α,β-unsaturated/α-hetero) is 1. The standard InChI is InChI=1S/C22H26N2O2S.C19H20N2O3/c1-24-12-5-6-19(24)15-18-16-23-22-10-9-17(14-21(18)22)11-13-27(25,26)20-7-3-2-4-8-20;22-18-10-21-12-5-11(18)6-13(21)8-14(7-12)24-19(23)16-9-20-17-4-2-1-3-15(16)17/h2-4,7-10,14,16,19,23H,5-6,11-13,15H2,1H3;1-4,9,11-14,20H,5-8,10H2/t19-;11-,12+,13-,14-/m1./s1. The number of rotatable bonds is 8. The zero-order valence-electron chi connectivity index (χ0n) is 29.1. The number of fused-ring (bicyclic) bond motifs is 3. The number of hydrogen-bond acceptors (Lipinski definition) is 7. The van der Waals surface area contributed by atoms with E-state index in [9.17, 15) is 18.0 Å². The van der Waals surface area contributed by atoms with Crippen molar-refractivity contribution in [3.63, 3.8) is 0 Å². The van der Waals surface area contributed by atoms with Gasteiger partial charge in [-0.1, -0.05) is 42.5 Å². The molecule has 9 nitrogen and oxygen atoms in total. The number of ether oxygens (including phenoxy) is 1. The van der Waals surface area contributed by atoms with Crippen molar-refractivity contribution in [1.29, 1.82) is 0 Å². The summed E-state index contributed by atoms with van der Waals surface area (Å²) < 4.78 is 30.9. The molecule has 5 fully saturated rings. The Morgan fingerprint density at radius 3 is 2.35 bits per heavy atom. The molecule has 5 aliphatic rings. The lowest BCUT2D eigenvalue weighted by Gasteiger charge is -2.54. The summed E-state index contributed by atoms with van der Waals surface area (Å²) in [5.41, 5.74) is 5.09. The number of carbonyl (C=O) groups is 2. The van der Waals surface area contributed by atoms with Gasteiger partial charge in [-0.25, -0.2) is 13.2 Å². The van der Waals surface area contributed by atoms with Gasteiger partial charge < -0.3 is 19.6 Å². The number of benzene rings is 3. The van der Waals surface area contributed by atoms with Gasteiger partial charge in [-0.15, -0.1) is 0 Å². The molecule has 1 unspecified atom stereocenters. The highest BCUT2D eigenvalue weighted by molar-refractivity contribution is 7.91. The Labute approximate surface area is 299 Å². The van der Waals surface area contributed by atoms with Crippen LogP contribution < -0.4 is 0 Å². The molecule has 2 aromatic heterocycles. The van der Waals surface area contributed by atoms with Crippen LogP contribution in [-0.2, 0) is 32.2 Å². The molecule has 4 bridgehead atoms. The van der Waals surface area contributed by atoms with Crippen molar-refractivity contribution in [3.05, 3.63) is 102 Å². The molecule has 5 aliphatic heterocycles. The molecule has 0 saturated carbocycles. The molecule has 0 radical (unpaired) electrons. The molecule has 0 spiro atoms. The van der Waals surface area contributed by atoms with Gasteiger partial charge in [0.15, 0.2) is 9.84 Å². The van der Waals surface area contributed by atoms with E-state index in [0.717, 1.165) is 54.1 Å². The number of para-hydroxylation sites is 1. The monoisotopic (exact) mass is 706 g/mol. The molecule has 2 N–H and O–H groups in total. The summed E-state index contributed by atoms with van der Waals surface area (Å²) in [6.45, 7) is 1.78. The summed E-state index contributed by atoms with van der Waals surface area (Å²) in [5, 5.41) is 2.14. The van der Waals surface area contributed by atoms with Crippen molar-refractivity contribution in [2.45, 2.75) is 80.5 Å². The van der Waals surface area contributed by atoms with Gasteiger partial charge in [-0.05, 0) is 93.6 Å². The van der Waals surface area contributed by atoms with Crippen molar-refractivity contribution < 1.29 is 22.7 Å². The largest absolute Gasteiger partial charge is 0.459 e. The van der Waals surface area contributed by atoms with Gasteiger partial charge in [0.1, 0.15) is 11.9 Å². The lowest BCUT2D eigenvalue weighted by Crippen LogP contribution is -2.63. The smallest absolute Gasteiger partial charge is 0.340 e. The van der Waals surface area contributed by atoms with E-state index in [2.05, 4.69) is 45.1 Å². The second-order valence-electron chi connectivity index (χ2n) is 14.9. The Morgan fingerprint density at radius 2 is 1.61 bits per heavy atom. The molecule has 10 heteroatoms.